The number of methoxy groups -OCH3 is 2. The third kappa shape index (κ3) is 5.61. The summed E-state index contributed by atoms with van der Waals surface area (Å²) >= 11 is 0. The Morgan fingerprint density at radius 1 is 0.975 bits per heavy atom. The number of aryl methyl sites for hydroxylation is 2. The zero-order valence-corrected chi connectivity index (χ0v) is 23.7. The van der Waals surface area contributed by atoms with Gasteiger partial charge in [0.1, 0.15) is 17.4 Å². The van der Waals surface area contributed by atoms with Crippen LogP contribution in [-0.4, -0.2) is 51.1 Å². The van der Waals surface area contributed by atoms with Gasteiger partial charge in [-0.25, -0.2) is 4.79 Å². The first-order chi connectivity index (χ1) is 19.3. The molecule has 0 saturated carbocycles. The van der Waals surface area contributed by atoms with E-state index in [-0.39, 0.29) is 23.9 Å². The Balaban J connectivity index is 1.45. The molecule has 0 N–H and O–H groups in total. The zero-order valence-electron chi connectivity index (χ0n) is 23.7. The van der Waals surface area contributed by atoms with E-state index in [2.05, 4.69) is 11.9 Å². The second-order valence-corrected chi connectivity index (χ2v) is 10.5. The van der Waals surface area contributed by atoms with Crippen molar-refractivity contribution in [3.8, 4) is 28.4 Å². The third-order valence-corrected chi connectivity index (χ3v) is 7.61. The topological polar surface area (TPSA) is 78.2 Å². The van der Waals surface area contributed by atoms with Gasteiger partial charge in [-0.05, 0) is 69.6 Å². The van der Waals surface area contributed by atoms with Crippen LogP contribution in [0, 0.1) is 13.8 Å². The van der Waals surface area contributed by atoms with Gasteiger partial charge in [-0.15, -0.1) is 0 Å². The molecule has 1 aliphatic rings. The second-order valence-electron chi connectivity index (χ2n) is 10.5. The molecule has 1 aromatic heterocycles. The maximum Gasteiger partial charge on any atom is 0.339 e. The van der Waals surface area contributed by atoms with E-state index in [0.29, 0.717) is 39.3 Å². The number of ether oxygens (including phenoxy) is 3. The molecule has 7 heteroatoms. The van der Waals surface area contributed by atoms with Gasteiger partial charge in [0.05, 0.1) is 14.2 Å². The van der Waals surface area contributed by atoms with Crippen molar-refractivity contribution < 1.29 is 23.4 Å². The summed E-state index contributed by atoms with van der Waals surface area (Å²) in [5.74, 6) is 1.66. The SMILES string of the molecule is COc1ccc(C(=O)Cc2cc3cc(OC)c(OC4CCN(C)CC4)c(C)c3oc2=O)cc1-c1cccc(C)c1. The molecular weight excluding hydrogens is 506 g/mol. The highest BCUT2D eigenvalue weighted by Gasteiger charge is 2.23. The number of nitrogens with zero attached hydrogens (tertiary/aromatic N) is 1. The molecule has 7 nitrogen and oxygen atoms in total. The Bertz CT molecular complexity index is 1610. The highest BCUT2D eigenvalue weighted by atomic mass is 16.5. The fourth-order valence-electron chi connectivity index (χ4n) is 5.31. The van der Waals surface area contributed by atoms with Crippen LogP contribution in [0.25, 0.3) is 22.1 Å². The lowest BCUT2D eigenvalue weighted by molar-refractivity contribution is 0.0992. The van der Waals surface area contributed by atoms with Gasteiger partial charge in [0.15, 0.2) is 17.3 Å². The fraction of sp³-hybridized carbons (Fsp3) is 0.333. The molecule has 2 heterocycles. The van der Waals surface area contributed by atoms with Crippen LogP contribution in [0.1, 0.15) is 39.9 Å². The van der Waals surface area contributed by atoms with E-state index in [9.17, 15) is 9.59 Å². The summed E-state index contributed by atoms with van der Waals surface area (Å²) in [6, 6.07) is 16.9. The number of carbonyl (C=O) groups is 1. The van der Waals surface area contributed by atoms with Gasteiger partial charge in [-0.1, -0.05) is 29.8 Å². The monoisotopic (exact) mass is 541 g/mol. The average molecular weight is 542 g/mol. The van der Waals surface area contributed by atoms with Gasteiger partial charge in [0.25, 0.3) is 0 Å². The van der Waals surface area contributed by atoms with E-state index in [0.717, 1.165) is 42.6 Å². The summed E-state index contributed by atoms with van der Waals surface area (Å²) in [5, 5.41) is 0.683. The van der Waals surface area contributed by atoms with Crippen LogP contribution in [0.4, 0.5) is 0 Å². The first-order valence-corrected chi connectivity index (χ1v) is 13.5. The Hall–Kier alpha value is -4.10. The molecule has 4 aromatic rings. The molecule has 3 aromatic carbocycles. The number of ketones is 1. The summed E-state index contributed by atoms with van der Waals surface area (Å²) in [7, 11) is 5.31. The van der Waals surface area contributed by atoms with Crippen molar-refractivity contribution in [2.45, 2.75) is 39.2 Å². The van der Waals surface area contributed by atoms with E-state index in [4.69, 9.17) is 18.6 Å². The lowest BCUT2D eigenvalue weighted by atomic mass is 9.96. The van der Waals surface area contributed by atoms with Crippen LogP contribution < -0.4 is 19.8 Å². The van der Waals surface area contributed by atoms with Gasteiger partial charge < -0.3 is 23.5 Å². The molecule has 0 unspecified atom stereocenters. The van der Waals surface area contributed by atoms with Gasteiger partial charge in [0.2, 0.25) is 0 Å². The number of benzene rings is 3. The van der Waals surface area contributed by atoms with E-state index in [1.807, 2.05) is 50.2 Å². The van der Waals surface area contributed by atoms with E-state index >= 15 is 0 Å². The normalized spacial score (nSPS) is 14.3. The molecule has 0 amide bonds. The smallest absolute Gasteiger partial charge is 0.339 e. The molecule has 0 aliphatic carbocycles. The van der Waals surface area contributed by atoms with Gasteiger partial charge in [-0.3, -0.25) is 4.79 Å². The van der Waals surface area contributed by atoms with Crippen LogP contribution in [0.3, 0.4) is 0 Å². The van der Waals surface area contributed by atoms with Gasteiger partial charge in [-0.2, -0.15) is 0 Å². The summed E-state index contributed by atoms with van der Waals surface area (Å²) in [6.07, 6.45) is 1.81. The molecular formula is C33H35NO6. The van der Waals surface area contributed by atoms with Crippen molar-refractivity contribution >= 4 is 16.8 Å². The molecule has 1 saturated heterocycles. The molecule has 0 atom stereocenters. The van der Waals surface area contributed by atoms with Crippen molar-refractivity contribution in [1.82, 2.24) is 4.90 Å². The lowest BCUT2D eigenvalue weighted by Crippen LogP contribution is -2.35. The highest BCUT2D eigenvalue weighted by molar-refractivity contribution is 5.99. The van der Waals surface area contributed by atoms with E-state index in [1.165, 1.54) is 0 Å². The van der Waals surface area contributed by atoms with Crippen molar-refractivity contribution in [3.63, 3.8) is 0 Å². The predicted molar refractivity (Wildman–Crippen MR) is 156 cm³/mol. The molecule has 5 rings (SSSR count). The minimum atomic E-state index is -0.535. The summed E-state index contributed by atoms with van der Waals surface area (Å²) < 4.78 is 23.4. The second kappa shape index (κ2) is 11.6. The predicted octanol–water partition coefficient (Wildman–Crippen LogP) is 5.99. The van der Waals surface area contributed by atoms with Crippen LogP contribution in [0.2, 0.25) is 0 Å². The van der Waals surface area contributed by atoms with Crippen LogP contribution in [-0.2, 0) is 6.42 Å². The summed E-state index contributed by atoms with van der Waals surface area (Å²) in [5.41, 5.74) is 4.28. The van der Waals surface area contributed by atoms with Crippen molar-refractivity contribution in [1.29, 1.82) is 0 Å². The standard InChI is InChI=1S/C33H35NO6/c1-20-7-6-8-22(15-20)27-17-23(9-10-29(27)37-4)28(35)18-25-16-24-19-30(38-5)32(21(2)31(24)40-33(25)36)39-26-11-13-34(3)14-12-26/h6-10,15-17,19,26H,11-14,18H2,1-5H3. The largest absolute Gasteiger partial charge is 0.496 e. The molecule has 0 spiro atoms. The van der Waals surface area contributed by atoms with Crippen LogP contribution in [0.5, 0.6) is 17.2 Å². The Morgan fingerprint density at radius 2 is 1.73 bits per heavy atom. The van der Waals surface area contributed by atoms with Crippen molar-refractivity contribution in [2.75, 3.05) is 34.4 Å². The number of fused-ring (bicyclic) bond motifs is 1. The highest BCUT2D eigenvalue weighted by Crippen LogP contribution is 2.38. The maximum absolute atomic E-state index is 13.4. The number of Topliss-reactive ketones (excluding diaryl/α,β-unsaturated/α-hetero) is 1. The van der Waals surface area contributed by atoms with Crippen molar-refractivity contribution in [3.05, 3.63) is 87.3 Å². The number of hydrogen-bond acceptors (Lipinski definition) is 7. The quantitative estimate of drug-likeness (QED) is 0.200. The molecule has 1 fully saturated rings. The Labute approximate surface area is 234 Å². The lowest BCUT2D eigenvalue weighted by Gasteiger charge is -2.30. The van der Waals surface area contributed by atoms with Crippen LogP contribution >= 0.6 is 0 Å². The maximum atomic E-state index is 13.4. The Kier molecular flexibility index (Phi) is 7.94. The Morgan fingerprint density at radius 3 is 2.42 bits per heavy atom. The molecule has 0 bridgehead atoms. The fourth-order valence-corrected chi connectivity index (χ4v) is 5.31. The number of rotatable bonds is 8. The van der Waals surface area contributed by atoms with Crippen LogP contribution in [0.15, 0.2) is 63.8 Å². The molecule has 0 radical (unpaired) electrons. The van der Waals surface area contributed by atoms with E-state index in [1.54, 1.807) is 32.4 Å². The number of carbonyl (C=O) groups excluding carboxylic acids is 1. The molecule has 208 valence electrons. The molecule has 40 heavy (non-hydrogen) atoms. The first kappa shape index (κ1) is 27.5. The number of likely N-dealkylation sites (tertiary alicyclic amines) is 1. The third-order valence-electron chi connectivity index (χ3n) is 7.61. The van der Waals surface area contributed by atoms with Gasteiger partial charge >= 0.3 is 5.63 Å². The first-order valence-electron chi connectivity index (χ1n) is 13.5. The average Bonchev–Trinajstić information content (AvgIpc) is 2.96. The van der Waals surface area contributed by atoms with Gasteiger partial charge in [0, 0.05) is 47.2 Å². The number of hydrogen-bond donors (Lipinski definition) is 0. The summed E-state index contributed by atoms with van der Waals surface area (Å²) in [4.78, 5) is 28.7. The molecule has 1 aliphatic heterocycles. The minimum Gasteiger partial charge on any atom is -0.496 e. The van der Waals surface area contributed by atoms with E-state index < -0.39 is 5.63 Å². The zero-order chi connectivity index (χ0) is 28.4. The summed E-state index contributed by atoms with van der Waals surface area (Å²) in [6.45, 7) is 5.82. The van der Waals surface area contributed by atoms with Crippen molar-refractivity contribution in [2.24, 2.45) is 0 Å². The minimum absolute atomic E-state index is 0.0686. The number of piperidine rings is 1.